The highest BCUT2D eigenvalue weighted by molar-refractivity contribution is 5.96. The number of benzene rings is 1. The second-order valence-electron chi connectivity index (χ2n) is 5.45. The lowest BCUT2D eigenvalue weighted by Crippen LogP contribution is -2.48. The summed E-state index contributed by atoms with van der Waals surface area (Å²) >= 11 is 0. The maximum absolute atomic E-state index is 12.7. The standard InChI is InChI=1S/C17H16N2O3/c1-11-6-7-13(9-18-11)16(20)19-10-14-5-3-2-4-12(14)8-15(19)17(21)22/h2-7,9,15H,8,10H2,1H3,(H,21,22). The van der Waals surface area contributed by atoms with E-state index in [4.69, 9.17) is 0 Å². The smallest absolute Gasteiger partial charge is 0.326 e. The van der Waals surface area contributed by atoms with Crippen LogP contribution in [0.5, 0.6) is 0 Å². The predicted molar refractivity (Wildman–Crippen MR) is 80.4 cm³/mol. The Morgan fingerprint density at radius 3 is 2.55 bits per heavy atom. The number of pyridine rings is 1. The molecule has 0 aliphatic carbocycles. The molecule has 2 aromatic rings. The van der Waals surface area contributed by atoms with Crippen LogP contribution in [-0.4, -0.2) is 32.9 Å². The first-order chi connectivity index (χ1) is 10.6. The number of carboxylic acid groups (broad SMARTS) is 1. The van der Waals surface area contributed by atoms with Crippen molar-refractivity contribution < 1.29 is 14.7 Å². The van der Waals surface area contributed by atoms with Gasteiger partial charge in [-0.1, -0.05) is 24.3 Å². The van der Waals surface area contributed by atoms with Gasteiger partial charge in [0, 0.05) is 24.9 Å². The summed E-state index contributed by atoms with van der Waals surface area (Å²) < 4.78 is 0. The number of rotatable bonds is 2. The molecule has 0 saturated carbocycles. The Labute approximate surface area is 128 Å². The van der Waals surface area contributed by atoms with E-state index in [2.05, 4.69) is 4.98 Å². The van der Waals surface area contributed by atoms with Crippen molar-refractivity contribution >= 4 is 11.9 Å². The lowest BCUT2D eigenvalue weighted by molar-refractivity contribution is -0.142. The molecule has 1 aliphatic rings. The molecular weight excluding hydrogens is 280 g/mol. The van der Waals surface area contributed by atoms with Crippen molar-refractivity contribution in [2.24, 2.45) is 0 Å². The summed E-state index contributed by atoms with van der Waals surface area (Å²) in [6, 6.07) is 10.2. The van der Waals surface area contributed by atoms with Gasteiger partial charge in [0.15, 0.2) is 0 Å². The van der Waals surface area contributed by atoms with Crippen LogP contribution in [0.25, 0.3) is 0 Å². The van der Waals surface area contributed by atoms with Gasteiger partial charge >= 0.3 is 5.97 Å². The summed E-state index contributed by atoms with van der Waals surface area (Å²) in [7, 11) is 0. The third kappa shape index (κ3) is 2.57. The fraction of sp³-hybridized carbons (Fsp3) is 0.235. The number of amides is 1. The van der Waals surface area contributed by atoms with Crippen LogP contribution in [0.1, 0.15) is 27.2 Å². The van der Waals surface area contributed by atoms with Crippen LogP contribution < -0.4 is 0 Å². The van der Waals surface area contributed by atoms with E-state index < -0.39 is 12.0 Å². The molecule has 0 bridgehead atoms. The van der Waals surface area contributed by atoms with Crippen LogP contribution in [0.2, 0.25) is 0 Å². The Morgan fingerprint density at radius 1 is 1.18 bits per heavy atom. The second kappa shape index (κ2) is 5.60. The number of carbonyl (C=O) groups excluding carboxylic acids is 1. The molecule has 0 spiro atoms. The number of aliphatic carboxylic acids is 1. The van der Waals surface area contributed by atoms with Gasteiger partial charge in [-0.2, -0.15) is 0 Å². The van der Waals surface area contributed by atoms with Gasteiger partial charge in [-0.15, -0.1) is 0 Å². The van der Waals surface area contributed by atoms with Crippen molar-refractivity contribution in [3.8, 4) is 0 Å². The lowest BCUT2D eigenvalue weighted by atomic mass is 9.93. The topological polar surface area (TPSA) is 70.5 Å². The van der Waals surface area contributed by atoms with Gasteiger partial charge in [0.1, 0.15) is 6.04 Å². The molecule has 1 aromatic heterocycles. The molecule has 0 radical (unpaired) electrons. The first kappa shape index (κ1) is 14.3. The Bertz CT molecular complexity index is 725. The molecule has 22 heavy (non-hydrogen) atoms. The molecule has 112 valence electrons. The molecule has 1 aliphatic heterocycles. The summed E-state index contributed by atoms with van der Waals surface area (Å²) in [4.78, 5) is 29.7. The molecular formula is C17H16N2O3. The molecule has 1 amide bonds. The maximum Gasteiger partial charge on any atom is 0.326 e. The van der Waals surface area contributed by atoms with Gasteiger partial charge in [-0.05, 0) is 30.2 Å². The van der Waals surface area contributed by atoms with Crippen LogP contribution in [0.15, 0.2) is 42.6 Å². The normalized spacial score (nSPS) is 17.0. The van der Waals surface area contributed by atoms with E-state index in [9.17, 15) is 14.7 Å². The first-order valence-electron chi connectivity index (χ1n) is 7.09. The molecule has 5 nitrogen and oxygen atoms in total. The first-order valence-corrected chi connectivity index (χ1v) is 7.09. The van der Waals surface area contributed by atoms with Crippen molar-refractivity contribution in [1.29, 1.82) is 0 Å². The van der Waals surface area contributed by atoms with Gasteiger partial charge < -0.3 is 10.0 Å². The summed E-state index contributed by atoms with van der Waals surface area (Å²) in [5, 5.41) is 9.46. The highest BCUT2D eigenvalue weighted by Gasteiger charge is 2.34. The Hall–Kier alpha value is -2.69. The molecule has 2 heterocycles. The zero-order valence-electron chi connectivity index (χ0n) is 12.2. The third-order valence-electron chi connectivity index (χ3n) is 3.95. The molecule has 0 saturated heterocycles. The van der Waals surface area contributed by atoms with Crippen molar-refractivity contribution in [3.63, 3.8) is 0 Å². The number of hydrogen-bond acceptors (Lipinski definition) is 3. The zero-order chi connectivity index (χ0) is 15.7. The van der Waals surface area contributed by atoms with Gasteiger partial charge in [-0.25, -0.2) is 4.79 Å². The molecule has 1 atom stereocenters. The van der Waals surface area contributed by atoms with Gasteiger partial charge in [0.2, 0.25) is 0 Å². The lowest BCUT2D eigenvalue weighted by Gasteiger charge is -2.34. The molecule has 5 heteroatoms. The number of carboxylic acids is 1. The fourth-order valence-corrected chi connectivity index (χ4v) is 2.72. The van der Waals surface area contributed by atoms with E-state index in [1.54, 1.807) is 12.1 Å². The minimum absolute atomic E-state index is 0.297. The van der Waals surface area contributed by atoms with Gasteiger partial charge in [-0.3, -0.25) is 9.78 Å². The van der Waals surface area contributed by atoms with Crippen LogP contribution in [0.3, 0.4) is 0 Å². The number of nitrogens with zero attached hydrogens (tertiary/aromatic N) is 2. The molecule has 1 unspecified atom stereocenters. The van der Waals surface area contributed by atoms with Crippen LogP contribution >= 0.6 is 0 Å². The summed E-state index contributed by atoms with van der Waals surface area (Å²) in [5.41, 5.74) is 3.21. The minimum atomic E-state index is -0.983. The van der Waals surface area contributed by atoms with Crippen LogP contribution in [0.4, 0.5) is 0 Å². The molecule has 1 aromatic carbocycles. The number of carbonyl (C=O) groups is 2. The van der Waals surface area contributed by atoms with Gasteiger partial charge in [0.25, 0.3) is 5.91 Å². The average Bonchev–Trinajstić information content (AvgIpc) is 2.53. The van der Waals surface area contributed by atoms with Crippen LogP contribution in [0, 0.1) is 6.92 Å². The average molecular weight is 296 g/mol. The molecule has 1 N–H and O–H groups in total. The third-order valence-corrected chi connectivity index (χ3v) is 3.95. The quantitative estimate of drug-likeness (QED) is 0.920. The Kier molecular flexibility index (Phi) is 3.63. The number of aromatic nitrogens is 1. The van der Waals surface area contributed by atoms with E-state index in [1.165, 1.54) is 11.1 Å². The SMILES string of the molecule is Cc1ccc(C(=O)N2Cc3ccccc3CC2C(=O)O)cn1. The Balaban J connectivity index is 1.95. The number of aryl methyl sites for hydroxylation is 1. The van der Waals surface area contributed by atoms with Gasteiger partial charge in [0.05, 0.1) is 5.56 Å². The summed E-state index contributed by atoms with van der Waals surface area (Å²) in [6.45, 7) is 2.14. The van der Waals surface area contributed by atoms with Crippen molar-refractivity contribution in [1.82, 2.24) is 9.88 Å². The molecule has 0 fully saturated rings. The second-order valence-corrected chi connectivity index (χ2v) is 5.45. The Morgan fingerprint density at radius 2 is 1.91 bits per heavy atom. The molecule has 3 rings (SSSR count). The van der Waals surface area contributed by atoms with Crippen molar-refractivity contribution in [3.05, 3.63) is 65.0 Å². The van der Waals surface area contributed by atoms with E-state index >= 15 is 0 Å². The minimum Gasteiger partial charge on any atom is -0.480 e. The van der Waals surface area contributed by atoms with E-state index in [0.29, 0.717) is 18.5 Å². The highest BCUT2D eigenvalue weighted by Crippen LogP contribution is 2.25. The van der Waals surface area contributed by atoms with E-state index in [-0.39, 0.29) is 5.91 Å². The summed E-state index contributed by atoms with van der Waals surface area (Å²) in [5.74, 6) is -1.28. The largest absolute Gasteiger partial charge is 0.480 e. The van der Waals surface area contributed by atoms with Crippen LogP contribution in [-0.2, 0) is 17.8 Å². The zero-order valence-corrected chi connectivity index (χ0v) is 12.2. The highest BCUT2D eigenvalue weighted by atomic mass is 16.4. The van der Waals surface area contributed by atoms with E-state index in [0.717, 1.165) is 16.8 Å². The fourth-order valence-electron chi connectivity index (χ4n) is 2.72. The maximum atomic E-state index is 12.7. The number of fused-ring (bicyclic) bond motifs is 1. The number of hydrogen-bond donors (Lipinski definition) is 1. The monoisotopic (exact) mass is 296 g/mol. The van der Waals surface area contributed by atoms with Crippen molar-refractivity contribution in [2.75, 3.05) is 0 Å². The van der Waals surface area contributed by atoms with E-state index in [1.807, 2.05) is 31.2 Å². The predicted octanol–water partition coefficient (Wildman–Crippen LogP) is 2.04. The van der Waals surface area contributed by atoms with Crippen molar-refractivity contribution in [2.45, 2.75) is 25.9 Å². The summed E-state index contributed by atoms with van der Waals surface area (Å²) in [6.07, 6.45) is 1.83.